The molecule has 0 unspecified atom stereocenters. The van der Waals surface area contributed by atoms with Crippen LogP contribution < -0.4 is 36.0 Å². The van der Waals surface area contributed by atoms with Crippen molar-refractivity contribution in [2.24, 2.45) is 9.98 Å². The van der Waals surface area contributed by atoms with E-state index in [1.54, 1.807) is 0 Å². The summed E-state index contributed by atoms with van der Waals surface area (Å²) in [4.78, 5) is 10.6. The first-order valence-electron chi connectivity index (χ1n) is 24.6. The van der Waals surface area contributed by atoms with Crippen molar-refractivity contribution in [2.75, 3.05) is 0 Å². The van der Waals surface area contributed by atoms with Gasteiger partial charge in [-0.2, -0.15) is 0 Å². The number of benzene rings is 7. The molecule has 1 aliphatic carbocycles. The second-order valence-electron chi connectivity index (χ2n) is 21.7. The number of nitrogens with zero attached hydrogens (tertiary/aromatic N) is 3. The van der Waals surface area contributed by atoms with Crippen LogP contribution in [0.15, 0.2) is 186 Å². The summed E-state index contributed by atoms with van der Waals surface area (Å²) in [5, 5.41) is 31.0. The molecular weight excluding hydrogens is 964 g/mol. The van der Waals surface area contributed by atoms with Gasteiger partial charge in [0.05, 0.1) is 43.9 Å². The van der Waals surface area contributed by atoms with Crippen LogP contribution in [-0.4, -0.2) is 34.7 Å². The van der Waals surface area contributed by atoms with Crippen molar-refractivity contribution in [2.45, 2.75) is 116 Å². The first-order valence-corrected chi connectivity index (χ1v) is 28.0. The number of hydrogen-bond acceptors (Lipinski definition) is 4. The largest absolute Gasteiger partial charge is 0.507 e. The van der Waals surface area contributed by atoms with Crippen LogP contribution in [0, 0.1) is 14.9 Å². The number of aromatic hydroxyl groups is 2. The second kappa shape index (κ2) is 23.6. The first kappa shape index (κ1) is 57.5. The molecule has 0 aliphatic heterocycles. The summed E-state index contributed by atoms with van der Waals surface area (Å²) in [7, 11) is -5.83. The summed E-state index contributed by atoms with van der Waals surface area (Å²) in [5.74, 6) is 0.526. The molecule has 0 saturated heterocycles. The van der Waals surface area contributed by atoms with Crippen molar-refractivity contribution in [3.05, 3.63) is 219 Å². The number of hydrogen-bond donors (Lipinski definition) is 2. The molecule has 0 bridgehead atoms. The minimum atomic E-state index is -3.01. The van der Waals surface area contributed by atoms with Gasteiger partial charge in [0.1, 0.15) is 11.5 Å². The summed E-state index contributed by atoms with van der Waals surface area (Å²) in [5.41, 5.74) is 3.59. The molecule has 0 heterocycles. The van der Waals surface area contributed by atoms with E-state index in [9.17, 15) is 10.2 Å². The zero-order chi connectivity index (χ0) is 49.0. The fraction of sp³-hybridized carbons (Fsp3) is 0.281. The van der Waals surface area contributed by atoms with Crippen molar-refractivity contribution < 1.29 is 27.0 Å². The quantitative estimate of drug-likeness (QED) is 0.0619. The predicted molar refractivity (Wildman–Crippen MR) is 312 cm³/mol. The fourth-order valence-corrected chi connectivity index (χ4v) is 19.2. The van der Waals surface area contributed by atoms with Crippen molar-refractivity contribution in [3.63, 3.8) is 0 Å². The summed E-state index contributed by atoms with van der Waals surface area (Å²) in [6.07, 6.45) is 7.68. The molecule has 2 N–H and O–H groups in total. The van der Waals surface area contributed by atoms with Crippen molar-refractivity contribution >= 4 is 58.4 Å². The van der Waals surface area contributed by atoms with Crippen LogP contribution in [0.25, 0.3) is 0 Å². The smallest absolute Gasteiger partial charge is 0.301 e. The zero-order valence-electron chi connectivity index (χ0n) is 44.3. The van der Waals surface area contributed by atoms with E-state index in [1.807, 2.05) is 12.4 Å². The number of rotatable bonds is 10. The van der Waals surface area contributed by atoms with Crippen LogP contribution in [0.1, 0.15) is 116 Å². The van der Waals surface area contributed by atoms with Gasteiger partial charge in [0.25, 0.3) is 0 Å². The van der Waals surface area contributed by atoms with E-state index < -0.39 is 19.5 Å². The van der Waals surface area contributed by atoms with Gasteiger partial charge in [-0.05, 0) is 114 Å². The minimum Gasteiger partial charge on any atom is -0.507 e. The molecule has 0 spiro atoms. The molecule has 72 heavy (non-hydrogen) atoms. The van der Waals surface area contributed by atoms with E-state index >= 15 is 0 Å². The number of phenolic OH excluding ortho intramolecular Hbond substituents is 2. The van der Waals surface area contributed by atoms with Gasteiger partial charge in [0.15, 0.2) is 0 Å². The van der Waals surface area contributed by atoms with E-state index in [-0.39, 0.29) is 60.3 Å². The first-order chi connectivity index (χ1) is 32.9. The van der Waals surface area contributed by atoms with E-state index in [1.165, 1.54) is 21.5 Å². The van der Waals surface area contributed by atoms with Gasteiger partial charge < -0.3 is 25.1 Å². The van der Waals surface area contributed by atoms with E-state index in [2.05, 4.69) is 238 Å². The van der Waals surface area contributed by atoms with Gasteiger partial charge in [-0.1, -0.05) is 172 Å². The summed E-state index contributed by atoms with van der Waals surface area (Å²) < 4.78 is 6.68. The van der Waals surface area contributed by atoms with E-state index in [0.29, 0.717) is 11.3 Å². The van der Waals surface area contributed by atoms with Crippen molar-refractivity contribution in [1.29, 1.82) is 0 Å². The molecule has 0 amide bonds. The molecule has 5 nitrogen and oxygen atoms in total. The molecule has 8 heteroatoms. The second-order valence-corrected chi connectivity index (χ2v) is 28.0. The maximum atomic E-state index is 12.5. The predicted octanol–water partition coefficient (Wildman–Crippen LogP) is 13.5. The van der Waals surface area contributed by atoms with Crippen LogP contribution in [0.4, 0.5) is 0 Å². The molecule has 7 aromatic carbocycles. The molecule has 1 aliphatic rings. The standard InChI is InChI=1S/C62H69N3O2P2.2CH3.Co/c1-60(2,3)47-39-45(58(66)54(41-47)61(4,5)6)43-63-56-37-25-26-38-57(56)64-44-46-40-53(42-55(59(46)67)62(7,8)9)69(51-33-21-13-22-34-51,52-35-23-14-24-36-52)65-68(48-27-15-10-16-28-48,49-29-17-11-18-30-49)50-31-19-12-20-32-50;;;/h10-24,27-36,39-44,56-57H,25-26,37-38H2,1-9H3,(H,63,66);2*1H3;/q;2*-1;/p+1/t56-,57-;;;/m0.../s1. The average Bonchev–Trinajstić information content (AvgIpc) is 3.34. The fourth-order valence-electron chi connectivity index (χ4n) is 9.67. The molecule has 1 radical (unpaired) electrons. The van der Waals surface area contributed by atoms with Crippen LogP contribution in [0.3, 0.4) is 0 Å². The van der Waals surface area contributed by atoms with Crippen LogP contribution in [-0.2, 0) is 33.0 Å². The SMILES string of the molecule is CC(C)(C)c1cc(C=N[C@H]2CCCC[C@@H]2N=Cc2cc(P(=[N+]=P(c3ccccc3)(c3ccccc3)c3ccccc3)(c3ccccc3)c3ccccc3)cc(C(C)(C)C)c2O)c(O)c(C(C)(C)C)c1.[CH3-].[CH3-].[Co]. The topological polar surface area (TPSA) is 79.3 Å². The molecule has 0 aromatic heterocycles. The Labute approximate surface area is 443 Å². The Morgan fingerprint density at radius 1 is 0.431 bits per heavy atom. The Morgan fingerprint density at radius 2 is 0.736 bits per heavy atom. The summed E-state index contributed by atoms with van der Waals surface area (Å²) in [6, 6.07) is 62.9. The summed E-state index contributed by atoms with van der Waals surface area (Å²) in [6.45, 7) is 19.6. The maximum Gasteiger partial charge on any atom is 0.301 e. The van der Waals surface area contributed by atoms with Crippen molar-refractivity contribution in [1.82, 2.24) is 4.17 Å². The van der Waals surface area contributed by atoms with E-state index in [4.69, 9.17) is 14.2 Å². The minimum absolute atomic E-state index is 0. The third-order valence-electron chi connectivity index (χ3n) is 13.5. The van der Waals surface area contributed by atoms with Crippen molar-refractivity contribution in [3.8, 4) is 11.5 Å². The molecule has 379 valence electrons. The Bertz CT molecular complexity index is 2930. The van der Waals surface area contributed by atoms with Crippen LogP contribution in [0.5, 0.6) is 11.5 Å². The zero-order valence-corrected chi connectivity index (χ0v) is 47.2. The van der Waals surface area contributed by atoms with Gasteiger partial charge in [-0.25, -0.2) is 0 Å². The Balaban J connectivity index is 0.00000321. The van der Waals surface area contributed by atoms with Crippen LogP contribution in [0.2, 0.25) is 0 Å². The molecule has 2 atom stereocenters. The normalized spacial score (nSPS) is 15.5. The number of phenols is 2. The number of aliphatic imine (C=N–C) groups is 2. The van der Waals surface area contributed by atoms with Crippen LogP contribution >= 0.6 is 14.1 Å². The van der Waals surface area contributed by atoms with E-state index in [0.717, 1.165) is 58.3 Å². The Morgan fingerprint density at radius 3 is 1.06 bits per heavy atom. The molecular formula is C64H76CoN3O2P2-. The third-order valence-corrected chi connectivity index (χ3v) is 21.9. The summed E-state index contributed by atoms with van der Waals surface area (Å²) >= 11 is 0. The van der Waals surface area contributed by atoms with Gasteiger partial charge in [-0.15, -0.1) is 4.17 Å². The third kappa shape index (κ3) is 12.0. The van der Waals surface area contributed by atoms with Gasteiger partial charge in [-0.3, -0.25) is 9.98 Å². The molecule has 8 rings (SSSR count). The van der Waals surface area contributed by atoms with Gasteiger partial charge in [0.2, 0.25) is 0 Å². The molecule has 1 saturated carbocycles. The maximum absolute atomic E-state index is 12.5. The van der Waals surface area contributed by atoms with Gasteiger partial charge in [0, 0.05) is 51.5 Å². The molecule has 7 aromatic rings. The van der Waals surface area contributed by atoms with Gasteiger partial charge >= 0.3 is 14.1 Å². The monoisotopic (exact) mass is 1040 g/mol. The average molecular weight is 1040 g/mol. The Hall–Kier alpha value is -5.44. The Kier molecular flexibility index (Phi) is 18.8. The molecule has 1 fully saturated rings.